The smallest absolute Gasteiger partial charge is 0.321 e. The van der Waals surface area contributed by atoms with Gasteiger partial charge in [-0.3, -0.25) is 0 Å². The van der Waals surface area contributed by atoms with E-state index in [-0.39, 0.29) is 6.03 Å². The van der Waals surface area contributed by atoms with E-state index in [0.717, 1.165) is 35.8 Å². The average molecular weight is 360 g/mol. The first-order chi connectivity index (χ1) is 12.1. The summed E-state index contributed by atoms with van der Waals surface area (Å²) >= 11 is 6.11. The number of benzene rings is 2. The Morgan fingerprint density at radius 2 is 1.76 bits per heavy atom. The number of nitrogens with zero attached hydrogens (tertiary/aromatic N) is 2. The van der Waals surface area contributed by atoms with Crippen LogP contribution in [0.4, 0.5) is 16.2 Å². The minimum Gasteiger partial charge on any atom is -0.497 e. The number of hydrogen-bond donors (Lipinski definition) is 1. The topological polar surface area (TPSA) is 44.8 Å². The lowest BCUT2D eigenvalue weighted by atomic mass is 10.2. The van der Waals surface area contributed by atoms with Crippen molar-refractivity contribution in [1.29, 1.82) is 0 Å². The number of aryl methyl sites for hydroxylation is 1. The highest BCUT2D eigenvalue weighted by atomic mass is 35.5. The number of carbonyl (C=O) groups excluding carboxylic acids is 1. The summed E-state index contributed by atoms with van der Waals surface area (Å²) in [7, 11) is 1.66. The quantitative estimate of drug-likeness (QED) is 0.900. The molecule has 0 aliphatic carbocycles. The number of amides is 2. The van der Waals surface area contributed by atoms with E-state index in [0.29, 0.717) is 18.1 Å². The molecule has 0 bridgehead atoms. The van der Waals surface area contributed by atoms with Gasteiger partial charge >= 0.3 is 6.03 Å². The van der Waals surface area contributed by atoms with Gasteiger partial charge in [-0.2, -0.15) is 0 Å². The lowest BCUT2D eigenvalue weighted by Crippen LogP contribution is -2.50. The second-order valence-corrected chi connectivity index (χ2v) is 6.47. The summed E-state index contributed by atoms with van der Waals surface area (Å²) in [6.45, 7) is 4.89. The van der Waals surface area contributed by atoms with Crippen LogP contribution in [0.5, 0.6) is 5.75 Å². The van der Waals surface area contributed by atoms with E-state index in [2.05, 4.69) is 10.2 Å². The number of ether oxygens (including phenoxy) is 1. The Hall–Kier alpha value is -2.40. The zero-order chi connectivity index (χ0) is 17.8. The summed E-state index contributed by atoms with van der Waals surface area (Å²) in [5.74, 6) is 0.846. The molecule has 132 valence electrons. The molecule has 1 fully saturated rings. The van der Waals surface area contributed by atoms with Gasteiger partial charge in [0, 0.05) is 42.6 Å². The van der Waals surface area contributed by atoms with Crippen molar-refractivity contribution in [2.75, 3.05) is 43.5 Å². The van der Waals surface area contributed by atoms with E-state index in [9.17, 15) is 4.79 Å². The fraction of sp³-hybridized carbons (Fsp3) is 0.316. The SMILES string of the molecule is COc1ccc(N2CCN(C(=O)Nc3ccc(C)c(Cl)c3)CC2)cc1. The van der Waals surface area contributed by atoms with Crippen LogP contribution >= 0.6 is 11.6 Å². The summed E-state index contributed by atoms with van der Waals surface area (Å²) in [5.41, 5.74) is 2.86. The molecular formula is C19H22ClN3O2. The molecule has 1 saturated heterocycles. The van der Waals surface area contributed by atoms with Crippen molar-refractivity contribution in [3.05, 3.63) is 53.1 Å². The lowest BCUT2D eigenvalue weighted by Gasteiger charge is -2.36. The summed E-state index contributed by atoms with van der Waals surface area (Å²) in [5, 5.41) is 3.57. The second-order valence-electron chi connectivity index (χ2n) is 6.07. The van der Waals surface area contributed by atoms with Gasteiger partial charge in [0.15, 0.2) is 0 Å². The number of carbonyl (C=O) groups is 1. The molecule has 6 heteroatoms. The van der Waals surface area contributed by atoms with Crippen LogP contribution in [0.15, 0.2) is 42.5 Å². The van der Waals surface area contributed by atoms with Gasteiger partial charge in [0.05, 0.1) is 7.11 Å². The minimum atomic E-state index is -0.0886. The second kappa shape index (κ2) is 7.66. The average Bonchev–Trinajstić information content (AvgIpc) is 2.65. The van der Waals surface area contributed by atoms with E-state index in [1.807, 2.05) is 48.2 Å². The molecular weight excluding hydrogens is 338 g/mol. The van der Waals surface area contributed by atoms with Gasteiger partial charge in [0.2, 0.25) is 0 Å². The van der Waals surface area contributed by atoms with E-state index in [1.54, 1.807) is 13.2 Å². The lowest BCUT2D eigenvalue weighted by molar-refractivity contribution is 0.208. The number of methoxy groups -OCH3 is 1. The number of nitrogens with one attached hydrogen (secondary N) is 1. The fourth-order valence-electron chi connectivity index (χ4n) is 2.83. The number of anilines is 2. The molecule has 1 N–H and O–H groups in total. The van der Waals surface area contributed by atoms with Crippen LogP contribution in [-0.2, 0) is 0 Å². The van der Waals surface area contributed by atoms with E-state index in [4.69, 9.17) is 16.3 Å². The van der Waals surface area contributed by atoms with Gasteiger partial charge in [-0.05, 0) is 48.9 Å². The number of piperazine rings is 1. The van der Waals surface area contributed by atoms with Gasteiger partial charge in [-0.1, -0.05) is 17.7 Å². The van der Waals surface area contributed by atoms with Crippen LogP contribution in [0.25, 0.3) is 0 Å². The normalized spacial score (nSPS) is 14.4. The van der Waals surface area contributed by atoms with Crippen LogP contribution in [0.2, 0.25) is 5.02 Å². The number of urea groups is 1. The van der Waals surface area contributed by atoms with Gasteiger partial charge in [0.25, 0.3) is 0 Å². The maximum Gasteiger partial charge on any atom is 0.321 e. The molecule has 0 radical (unpaired) electrons. The minimum absolute atomic E-state index is 0.0886. The number of halogens is 1. The van der Waals surface area contributed by atoms with Gasteiger partial charge < -0.3 is 19.9 Å². The van der Waals surface area contributed by atoms with Gasteiger partial charge in [-0.15, -0.1) is 0 Å². The molecule has 0 unspecified atom stereocenters. The maximum atomic E-state index is 12.4. The molecule has 2 aromatic carbocycles. The third kappa shape index (κ3) is 4.17. The molecule has 5 nitrogen and oxygen atoms in total. The van der Waals surface area contributed by atoms with Crippen molar-refractivity contribution in [2.45, 2.75) is 6.92 Å². The third-order valence-corrected chi connectivity index (χ3v) is 4.83. The molecule has 25 heavy (non-hydrogen) atoms. The van der Waals surface area contributed by atoms with Crippen molar-refractivity contribution in [1.82, 2.24) is 4.90 Å². The molecule has 0 saturated carbocycles. The number of rotatable bonds is 3. The highest BCUT2D eigenvalue weighted by Gasteiger charge is 2.21. The molecule has 0 atom stereocenters. The maximum absolute atomic E-state index is 12.4. The molecule has 1 aliphatic heterocycles. The first-order valence-electron chi connectivity index (χ1n) is 8.28. The molecule has 0 spiro atoms. The molecule has 2 aromatic rings. The van der Waals surface area contributed by atoms with Crippen LogP contribution in [-0.4, -0.2) is 44.2 Å². The van der Waals surface area contributed by atoms with Crippen molar-refractivity contribution in [3.63, 3.8) is 0 Å². The van der Waals surface area contributed by atoms with E-state index in [1.165, 1.54) is 0 Å². The Labute approximate surface area is 153 Å². The summed E-state index contributed by atoms with van der Waals surface area (Å²) in [6.07, 6.45) is 0. The zero-order valence-electron chi connectivity index (χ0n) is 14.5. The van der Waals surface area contributed by atoms with Gasteiger partial charge in [-0.25, -0.2) is 4.79 Å². The first-order valence-corrected chi connectivity index (χ1v) is 8.65. The molecule has 0 aromatic heterocycles. The van der Waals surface area contributed by atoms with Crippen LogP contribution < -0.4 is 15.0 Å². The molecule has 1 aliphatic rings. The molecule has 3 rings (SSSR count). The Kier molecular flexibility index (Phi) is 5.34. The highest BCUT2D eigenvalue weighted by molar-refractivity contribution is 6.31. The van der Waals surface area contributed by atoms with E-state index < -0.39 is 0 Å². The van der Waals surface area contributed by atoms with Gasteiger partial charge in [0.1, 0.15) is 5.75 Å². The molecule has 1 heterocycles. The summed E-state index contributed by atoms with van der Waals surface area (Å²) < 4.78 is 5.19. The Bertz CT molecular complexity index is 741. The van der Waals surface area contributed by atoms with Crippen LogP contribution in [0.1, 0.15) is 5.56 Å². The van der Waals surface area contributed by atoms with Crippen molar-refractivity contribution in [2.24, 2.45) is 0 Å². The van der Waals surface area contributed by atoms with Crippen LogP contribution in [0, 0.1) is 6.92 Å². The predicted molar refractivity (Wildman–Crippen MR) is 102 cm³/mol. The summed E-state index contributed by atoms with van der Waals surface area (Å²) in [4.78, 5) is 16.5. The third-order valence-electron chi connectivity index (χ3n) is 4.43. The highest BCUT2D eigenvalue weighted by Crippen LogP contribution is 2.22. The standard InChI is InChI=1S/C19H22ClN3O2/c1-14-3-4-15(13-18(14)20)21-19(24)23-11-9-22(10-12-23)16-5-7-17(25-2)8-6-16/h3-8,13H,9-12H2,1-2H3,(H,21,24). The Morgan fingerprint density at radius 3 is 2.36 bits per heavy atom. The zero-order valence-corrected chi connectivity index (χ0v) is 15.2. The first kappa shape index (κ1) is 17.4. The predicted octanol–water partition coefficient (Wildman–Crippen LogP) is 4.01. The molecule has 2 amide bonds. The monoisotopic (exact) mass is 359 g/mol. The van der Waals surface area contributed by atoms with E-state index >= 15 is 0 Å². The van der Waals surface area contributed by atoms with Crippen molar-refractivity contribution < 1.29 is 9.53 Å². The largest absolute Gasteiger partial charge is 0.497 e. The Balaban J connectivity index is 1.55. The Morgan fingerprint density at radius 1 is 1.08 bits per heavy atom. The van der Waals surface area contributed by atoms with Crippen LogP contribution in [0.3, 0.4) is 0 Å². The fourth-order valence-corrected chi connectivity index (χ4v) is 3.01. The van der Waals surface area contributed by atoms with Crippen molar-refractivity contribution in [3.8, 4) is 5.75 Å². The number of hydrogen-bond acceptors (Lipinski definition) is 3. The van der Waals surface area contributed by atoms with Crippen molar-refractivity contribution >= 4 is 29.0 Å². The summed E-state index contributed by atoms with van der Waals surface area (Å²) in [6, 6.07) is 13.5.